The Labute approximate surface area is 174 Å². The Bertz CT molecular complexity index is 955. The average molecular weight is 461 g/mol. The van der Waals surface area contributed by atoms with Crippen LogP contribution in [0.1, 0.15) is 5.56 Å². The second-order valence-corrected chi connectivity index (χ2v) is 7.55. The molecule has 144 valence electrons. The zero-order valence-electron chi connectivity index (χ0n) is 15.0. The standard InChI is InChI=1S/C20H17BrN2O4S/c1-26-16-8-4-14(5-9-16)17-12-28-20(22-17)23-18(24)11-27-19(25)10-13-2-6-15(21)7-3-13/h2-9,12H,10-11H2,1H3,(H,22,23,24). The molecular weight excluding hydrogens is 444 g/mol. The summed E-state index contributed by atoms with van der Waals surface area (Å²) in [6, 6.07) is 14.8. The van der Waals surface area contributed by atoms with Crippen molar-refractivity contribution >= 4 is 44.3 Å². The van der Waals surface area contributed by atoms with Crippen LogP contribution >= 0.6 is 27.3 Å². The smallest absolute Gasteiger partial charge is 0.310 e. The fraction of sp³-hybridized carbons (Fsp3) is 0.150. The van der Waals surface area contributed by atoms with Gasteiger partial charge < -0.3 is 9.47 Å². The summed E-state index contributed by atoms with van der Waals surface area (Å²) in [5.74, 6) is -0.132. The highest BCUT2D eigenvalue weighted by Gasteiger charge is 2.11. The Hall–Kier alpha value is -2.71. The fourth-order valence-electron chi connectivity index (χ4n) is 2.35. The summed E-state index contributed by atoms with van der Waals surface area (Å²) in [4.78, 5) is 28.2. The molecule has 0 aliphatic heterocycles. The van der Waals surface area contributed by atoms with Crippen LogP contribution < -0.4 is 10.1 Å². The summed E-state index contributed by atoms with van der Waals surface area (Å²) in [6.07, 6.45) is 0.111. The second kappa shape index (κ2) is 9.48. The summed E-state index contributed by atoms with van der Waals surface area (Å²) in [7, 11) is 1.61. The second-order valence-electron chi connectivity index (χ2n) is 5.78. The largest absolute Gasteiger partial charge is 0.497 e. The first-order chi connectivity index (χ1) is 13.5. The number of thiazole rings is 1. The van der Waals surface area contributed by atoms with E-state index in [0.29, 0.717) is 5.13 Å². The number of nitrogens with zero attached hydrogens (tertiary/aromatic N) is 1. The summed E-state index contributed by atoms with van der Waals surface area (Å²) < 4.78 is 11.1. The predicted molar refractivity (Wildman–Crippen MR) is 112 cm³/mol. The van der Waals surface area contributed by atoms with Crippen LogP contribution in [0.2, 0.25) is 0 Å². The summed E-state index contributed by atoms with van der Waals surface area (Å²) in [5, 5.41) is 4.93. The van der Waals surface area contributed by atoms with Gasteiger partial charge in [-0.15, -0.1) is 11.3 Å². The zero-order chi connectivity index (χ0) is 19.9. The molecule has 1 N–H and O–H groups in total. The van der Waals surface area contributed by atoms with E-state index in [4.69, 9.17) is 9.47 Å². The average Bonchev–Trinajstić information content (AvgIpc) is 3.16. The van der Waals surface area contributed by atoms with Gasteiger partial charge in [0.2, 0.25) is 0 Å². The van der Waals surface area contributed by atoms with E-state index in [-0.39, 0.29) is 13.0 Å². The molecule has 1 aromatic heterocycles. The van der Waals surface area contributed by atoms with Crippen LogP contribution in [0.5, 0.6) is 5.75 Å². The lowest BCUT2D eigenvalue weighted by Gasteiger charge is -2.05. The van der Waals surface area contributed by atoms with Crippen molar-refractivity contribution < 1.29 is 19.1 Å². The van der Waals surface area contributed by atoms with Crippen LogP contribution in [0.3, 0.4) is 0 Å². The van der Waals surface area contributed by atoms with Crippen molar-refractivity contribution in [2.45, 2.75) is 6.42 Å². The number of halogens is 1. The predicted octanol–water partition coefficient (Wildman–Crippen LogP) is 4.31. The highest BCUT2D eigenvalue weighted by atomic mass is 79.9. The SMILES string of the molecule is COc1ccc(-c2csc(NC(=O)COC(=O)Cc3ccc(Br)cc3)n2)cc1. The number of esters is 1. The number of methoxy groups -OCH3 is 1. The number of hydrogen-bond donors (Lipinski definition) is 1. The number of amides is 1. The molecule has 0 fully saturated rings. The quantitative estimate of drug-likeness (QED) is 0.531. The minimum atomic E-state index is -0.462. The van der Waals surface area contributed by atoms with Crippen LogP contribution in [0.15, 0.2) is 58.4 Å². The van der Waals surface area contributed by atoms with E-state index >= 15 is 0 Å². The van der Waals surface area contributed by atoms with E-state index in [1.54, 1.807) is 7.11 Å². The van der Waals surface area contributed by atoms with Crippen LogP contribution in [0.25, 0.3) is 11.3 Å². The molecule has 0 aliphatic carbocycles. The summed E-state index contributed by atoms with van der Waals surface area (Å²) in [5.41, 5.74) is 2.48. The van der Waals surface area contributed by atoms with Crippen LogP contribution in [-0.2, 0) is 20.7 Å². The molecule has 6 nitrogen and oxygen atoms in total. The van der Waals surface area contributed by atoms with Gasteiger partial charge >= 0.3 is 5.97 Å². The third kappa shape index (κ3) is 5.64. The highest BCUT2D eigenvalue weighted by Crippen LogP contribution is 2.26. The Kier molecular flexibility index (Phi) is 6.78. The molecule has 0 atom stereocenters. The lowest BCUT2D eigenvalue weighted by molar-refractivity contribution is -0.146. The lowest BCUT2D eigenvalue weighted by Crippen LogP contribution is -2.21. The van der Waals surface area contributed by atoms with E-state index in [1.165, 1.54) is 11.3 Å². The van der Waals surface area contributed by atoms with E-state index in [9.17, 15) is 9.59 Å². The molecule has 2 aromatic carbocycles. The van der Waals surface area contributed by atoms with Crippen molar-refractivity contribution in [3.8, 4) is 17.0 Å². The third-order valence-electron chi connectivity index (χ3n) is 3.76. The van der Waals surface area contributed by atoms with E-state index in [1.807, 2.05) is 53.9 Å². The first-order valence-corrected chi connectivity index (χ1v) is 10.0. The van der Waals surface area contributed by atoms with Crippen LogP contribution in [-0.4, -0.2) is 30.6 Å². The van der Waals surface area contributed by atoms with Crippen molar-refractivity contribution in [3.05, 3.63) is 63.9 Å². The summed E-state index contributed by atoms with van der Waals surface area (Å²) >= 11 is 4.64. The number of carbonyl (C=O) groups is 2. The maximum Gasteiger partial charge on any atom is 0.310 e. The van der Waals surface area contributed by atoms with Gasteiger partial charge in [-0.2, -0.15) is 0 Å². The minimum Gasteiger partial charge on any atom is -0.497 e. The zero-order valence-corrected chi connectivity index (χ0v) is 17.4. The molecule has 0 spiro atoms. The van der Waals surface area contributed by atoms with Crippen molar-refractivity contribution in [2.75, 3.05) is 19.0 Å². The number of rotatable bonds is 7. The van der Waals surface area contributed by atoms with Crippen molar-refractivity contribution in [2.24, 2.45) is 0 Å². The van der Waals surface area contributed by atoms with Crippen LogP contribution in [0.4, 0.5) is 5.13 Å². The Morgan fingerprint density at radius 1 is 1.11 bits per heavy atom. The molecule has 28 heavy (non-hydrogen) atoms. The Balaban J connectivity index is 1.48. The Morgan fingerprint density at radius 3 is 2.50 bits per heavy atom. The fourth-order valence-corrected chi connectivity index (χ4v) is 3.35. The maximum absolute atomic E-state index is 12.0. The van der Waals surface area contributed by atoms with Gasteiger partial charge in [0.1, 0.15) is 5.75 Å². The minimum absolute atomic E-state index is 0.111. The number of nitrogens with one attached hydrogen (secondary N) is 1. The molecule has 1 amide bonds. The Morgan fingerprint density at radius 2 is 1.82 bits per heavy atom. The number of ether oxygens (including phenoxy) is 2. The number of anilines is 1. The topological polar surface area (TPSA) is 77.5 Å². The van der Waals surface area contributed by atoms with Crippen LogP contribution in [0, 0.1) is 0 Å². The molecule has 3 aromatic rings. The van der Waals surface area contributed by atoms with Gasteiger partial charge in [0.05, 0.1) is 19.2 Å². The van der Waals surface area contributed by atoms with Gasteiger partial charge in [-0.3, -0.25) is 14.9 Å². The van der Waals surface area contributed by atoms with Gasteiger partial charge in [-0.25, -0.2) is 4.98 Å². The molecule has 0 saturated heterocycles. The van der Waals surface area contributed by atoms with E-state index < -0.39 is 11.9 Å². The highest BCUT2D eigenvalue weighted by molar-refractivity contribution is 9.10. The van der Waals surface area contributed by atoms with Gasteiger partial charge in [-0.1, -0.05) is 28.1 Å². The lowest BCUT2D eigenvalue weighted by atomic mass is 10.2. The molecule has 0 aliphatic rings. The van der Waals surface area contributed by atoms with Gasteiger partial charge in [0.15, 0.2) is 11.7 Å². The first kappa shape index (κ1) is 20.0. The molecule has 0 saturated carbocycles. The molecule has 0 unspecified atom stereocenters. The molecule has 1 heterocycles. The van der Waals surface area contributed by atoms with Crippen molar-refractivity contribution in [3.63, 3.8) is 0 Å². The molecular formula is C20H17BrN2O4S. The number of hydrogen-bond acceptors (Lipinski definition) is 6. The molecule has 8 heteroatoms. The molecule has 3 rings (SSSR count). The molecule has 0 radical (unpaired) electrons. The van der Waals surface area contributed by atoms with Gasteiger partial charge in [0, 0.05) is 15.4 Å². The van der Waals surface area contributed by atoms with E-state index in [0.717, 1.165) is 27.0 Å². The maximum atomic E-state index is 12.0. The third-order valence-corrected chi connectivity index (χ3v) is 5.05. The van der Waals surface area contributed by atoms with Crippen molar-refractivity contribution in [1.29, 1.82) is 0 Å². The van der Waals surface area contributed by atoms with Crippen molar-refractivity contribution in [1.82, 2.24) is 4.98 Å². The summed E-state index contributed by atoms with van der Waals surface area (Å²) in [6.45, 7) is -0.354. The normalized spacial score (nSPS) is 10.4. The monoisotopic (exact) mass is 460 g/mol. The molecule has 0 bridgehead atoms. The van der Waals surface area contributed by atoms with Gasteiger partial charge in [-0.05, 0) is 42.0 Å². The number of benzene rings is 2. The number of aromatic nitrogens is 1. The van der Waals surface area contributed by atoms with Gasteiger partial charge in [0.25, 0.3) is 5.91 Å². The number of carbonyl (C=O) groups excluding carboxylic acids is 2. The first-order valence-electron chi connectivity index (χ1n) is 8.33. The van der Waals surface area contributed by atoms with E-state index in [2.05, 4.69) is 26.2 Å².